The van der Waals surface area contributed by atoms with Crippen molar-refractivity contribution in [3.63, 3.8) is 0 Å². The van der Waals surface area contributed by atoms with Crippen LogP contribution in [0.4, 0.5) is 0 Å². The standard InChI is InChI=1S/C22H28N6O3/c1-14-5-6-16-12-18(22(29)23-19(16)15(14)2)20(27-7-10-30-11-8-27)21-24-25-26-28(21)13-17-4-3-9-31-17/h5-6,12,17,20H,3-4,7-11,13H2,1-2H3,(H,23,29)/t17-,20-/m0/s1. The molecule has 1 aromatic carbocycles. The van der Waals surface area contributed by atoms with Crippen molar-refractivity contribution in [3.8, 4) is 0 Å². The number of ether oxygens (including phenoxy) is 2. The van der Waals surface area contributed by atoms with E-state index in [1.807, 2.05) is 13.0 Å². The van der Waals surface area contributed by atoms with E-state index in [9.17, 15) is 4.79 Å². The summed E-state index contributed by atoms with van der Waals surface area (Å²) in [6, 6.07) is 5.79. The second-order valence-corrected chi connectivity index (χ2v) is 8.43. The lowest BCUT2D eigenvalue weighted by Gasteiger charge is -2.33. The van der Waals surface area contributed by atoms with Crippen molar-refractivity contribution in [2.24, 2.45) is 0 Å². The van der Waals surface area contributed by atoms with Gasteiger partial charge in [0.25, 0.3) is 5.56 Å². The van der Waals surface area contributed by atoms with Gasteiger partial charge in [0, 0.05) is 25.3 Å². The zero-order valence-corrected chi connectivity index (χ0v) is 18.0. The topological polar surface area (TPSA) is 98.2 Å². The minimum absolute atomic E-state index is 0.105. The van der Waals surface area contributed by atoms with Crippen LogP contribution in [0.2, 0.25) is 0 Å². The average Bonchev–Trinajstić information content (AvgIpc) is 3.46. The highest BCUT2D eigenvalue weighted by molar-refractivity contribution is 5.83. The maximum atomic E-state index is 13.3. The summed E-state index contributed by atoms with van der Waals surface area (Å²) in [7, 11) is 0. The zero-order valence-electron chi connectivity index (χ0n) is 18.0. The highest BCUT2D eigenvalue weighted by Crippen LogP contribution is 2.29. The molecule has 0 radical (unpaired) electrons. The van der Waals surface area contributed by atoms with E-state index in [0.29, 0.717) is 44.2 Å². The van der Waals surface area contributed by atoms with Gasteiger partial charge in [-0.1, -0.05) is 12.1 Å². The predicted molar refractivity (Wildman–Crippen MR) is 115 cm³/mol. The molecule has 2 atom stereocenters. The van der Waals surface area contributed by atoms with Gasteiger partial charge < -0.3 is 14.5 Å². The molecular formula is C22H28N6O3. The summed E-state index contributed by atoms with van der Waals surface area (Å²) in [6.07, 6.45) is 2.16. The number of hydrogen-bond donors (Lipinski definition) is 1. The molecule has 3 aromatic rings. The second-order valence-electron chi connectivity index (χ2n) is 8.43. The highest BCUT2D eigenvalue weighted by atomic mass is 16.5. The van der Waals surface area contributed by atoms with Crippen molar-refractivity contribution in [1.82, 2.24) is 30.1 Å². The molecule has 9 heteroatoms. The van der Waals surface area contributed by atoms with Gasteiger partial charge in [0.15, 0.2) is 5.82 Å². The molecule has 1 N–H and O–H groups in total. The number of aryl methyl sites for hydroxylation is 2. The maximum Gasteiger partial charge on any atom is 0.253 e. The normalized spacial score (nSPS) is 21.0. The molecule has 0 saturated carbocycles. The van der Waals surface area contributed by atoms with Crippen LogP contribution >= 0.6 is 0 Å². The number of hydrogen-bond acceptors (Lipinski definition) is 7. The molecule has 2 aliphatic heterocycles. The third-order valence-corrected chi connectivity index (χ3v) is 6.49. The number of morpholine rings is 1. The second kappa shape index (κ2) is 8.49. The molecule has 5 rings (SSSR count). The first-order chi connectivity index (χ1) is 15.1. The fraction of sp³-hybridized carbons (Fsp3) is 0.545. The van der Waals surface area contributed by atoms with E-state index >= 15 is 0 Å². The van der Waals surface area contributed by atoms with Gasteiger partial charge in [-0.25, -0.2) is 4.68 Å². The molecule has 0 amide bonds. The monoisotopic (exact) mass is 424 g/mol. The molecule has 2 aromatic heterocycles. The van der Waals surface area contributed by atoms with Crippen molar-refractivity contribution >= 4 is 10.9 Å². The first-order valence-corrected chi connectivity index (χ1v) is 10.9. The minimum atomic E-state index is -0.352. The minimum Gasteiger partial charge on any atom is -0.379 e. The third kappa shape index (κ3) is 3.88. The van der Waals surface area contributed by atoms with Crippen LogP contribution < -0.4 is 5.56 Å². The van der Waals surface area contributed by atoms with E-state index in [1.165, 1.54) is 0 Å². The van der Waals surface area contributed by atoms with Crippen molar-refractivity contribution in [2.75, 3.05) is 32.9 Å². The molecule has 0 unspecified atom stereocenters. The number of benzene rings is 1. The van der Waals surface area contributed by atoms with Crippen LogP contribution in [-0.2, 0) is 16.0 Å². The Morgan fingerprint density at radius 1 is 1.23 bits per heavy atom. The van der Waals surface area contributed by atoms with Crippen LogP contribution in [0.3, 0.4) is 0 Å². The van der Waals surface area contributed by atoms with E-state index < -0.39 is 0 Å². The molecule has 164 valence electrons. The van der Waals surface area contributed by atoms with Crippen LogP contribution in [0.25, 0.3) is 10.9 Å². The Labute approximate surface area is 180 Å². The van der Waals surface area contributed by atoms with Crippen molar-refractivity contribution in [1.29, 1.82) is 0 Å². The number of aromatic nitrogens is 5. The van der Waals surface area contributed by atoms with Crippen LogP contribution in [0.15, 0.2) is 23.0 Å². The molecule has 0 bridgehead atoms. The number of aromatic amines is 1. The van der Waals surface area contributed by atoms with Crippen molar-refractivity contribution < 1.29 is 9.47 Å². The van der Waals surface area contributed by atoms with Crippen LogP contribution in [0.5, 0.6) is 0 Å². The molecular weight excluding hydrogens is 396 g/mol. The lowest BCUT2D eigenvalue weighted by Crippen LogP contribution is -2.42. The molecule has 0 aliphatic carbocycles. The van der Waals surface area contributed by atoms with E-state index in [1.54, 1.807) is 4.68 Å². The first-order valence-electron chi connectivity index (χ1n) is 10.9. The van der Waals surface area contributed by atoms with Crippen LogP contribution in [-0.4, -0.2) is 69.1 Å². The summed E-state index contributed by atoms with van der Waals surface area (Å²) in [5.74, 6) is 0.672. The van der Waals surface area contributed by atoms with E-state index in [-0.39, 0.29) is 17.7 Å². The Balaban J connectivity index is 1.61. The third-order valence-electron chi connectivity index (χ3n) is 6.49. The van der Waals surface area contributed by atoms with E-state index in [0.717, 1.165) is 41.5 Å². The van der Waals surface area contributed by atoms with Gasteiger partial charge in [-0.05, 0) is 59.7 Å². The lowest BCUT2D eigenvalue weighted by molar-refractivity contribution is 0.0205. The molecule has 2 fully saturated rings. The van der Waals surface area contributed by atoms with Gasteiger partial charge in [-0.2, -0.15) is 0 Å². The van der Waals surface area contributed by atoms with Gasteiger partial charge in [0.1, 0.15) is 6.04 Å². The quantitative estimate of drug-likeness (QED) is 0.666. The molecule has 2 aliphatic rings. The summed E-state index contributed by atoms with van der Waals surface area (Å²) in [6.45, 7) is 8.11. The number of rotatable bonds is 5. The Morgan fingerprint density at radius 3 is 2.84 bits per heavy atom. The Bertz CT molecular complexity index is 1130. The first kappa shape index (κ1) is 20.3. The van der Waals surface area contributed by atoms with Crippen LogP contribution in [0.1, 0.15) is 41.4 Å². The van der Waals surface area contributed by atoms with E-state index in [4.69, 9.17) is 9.47 Å². The van der Waals surface area contributed by atoms with Crippen molar-refractivity contribution in [3.05, 3.63) is 51.1 Å². The molecule has 4 heterocycles. The van der Waals surface area contributed by atoms with Gasteiger partial charge in [0.2, 0.25) is 0 Å². The molecule has 0 spiro atoms. The van der Waals surface area contributed by atoms with E-state index in [2.05, 4.69) is 44.5 Å². The average molecular weight is 425 g/mol. The number of pyridine rings is 1. The van der Waals surface area contributed by atoms with Gasteiger partial charge >= 0.3 is 0 Å². The summed E-state index contributed by atoms with van der Waals surface area (Å²) in [5, 5.41) is 13.6. The summed E-state index contributed by atoms with van der Waals surface area (Å²) < 4.78 is 13.2. The van der Waals surface area contributed by atoms with Crippen LogP contribution in [0, 0.1) is 13.8 Å². The number of tetrazole rings is 1. The zero-order chi connectivity index (χ0) is 21.4. The number of H-pyrrole nitrogens is 1. The van der Waals surface area contributed by atoms with Gasteiger partial charge in [-0.3, -0.25) is 9.69 Å². The molecule has 2 saturated heterocycles. The van der Waals surface area contributed by atoms with Gasteiger partial charge in [0.05, 0.1) is 31.4 Å². The Kier molecular flexibility index (Phi) is 5.56. The fourth-order valence-corrected chi connectivity index (χ4v) is 4.60. The Morgan fingerprint density at radius 2 is 2.06 bits per heavy atom. The lowest BCUT2D eigenvalue weighted by atomic mass is 10.00. The Hall–Kier alpha value is -2.62. The predicted octanol–water partition coefficient (Wildman–Crippen LogP) is 1.73. The summed E-state index contributed by atoms with van der Waals surface area (Å²) in [5.41, 5.74) is 3.67. The number of nitrogens with one attached hydrogen (secondary N) is 1. The fourth-order valence-electron chi connectivity index (χ4n) is 4.60. The molecule has 9 nitrogen and oxygen atoms in total. The largest absolute Gasteiger partial charge is 0.379 e. The maximum absolute atomic E-state index is 13.3. The number of nitrogens with zero attached hydrogens (tertiary/aromatic N) is 5. The number of fused-ring (bicyclic) bond motifs is 1. The SMILES string of the molecule is Cc1ccc2cc([C@@H](c3nnnn3C[C@@H]3CCCO3)N3CCOCC3)c(=O)[nH]c2c1C. The summed E-state index contributed by atoms with van der Waals surface area (Å²) >= 11 is 0. The van der Waals surface area contributed by atoms with Crippen molar-refractivity contribution in [2.45, 2.75) is 45.4 Å². The summed E-state index contributed by atoms with van der Waals surface area (Å²) in [4.78, 5) is 18.7. The van der Waals surface area contributed by atoms with Gasteiger partial charge in [-0.15, -0.1) is 5.10 Å². The highest BCUT2D eigenvalue weighted by Gasteiger charge is 2.32. The molecule has 31 heavy (non-hydrogen) atoms. The smallest absolute Gasteiger partial charge is 0.253 e.